The molecule has 116 valence electrons. The predicted octanol–water partition coefficient (Wildman–Crippen LogP) is 2.07. The molecule has 2 saturated heterocycles. The van der Waals surface area contributed by atoms with Gasteiger partial charge in [-0.05, 0) is 37.8 Å². The molecule has 5 heteroatoms. The van der Waals surface area contributed by atoms with Crippen LogP contribution in [0.25, 0.3) is 0 Å². The fourth-order valence-electron chi connectivity index (χ4n) is 3.86. The molecular weight excluding hydrogens is 284 g/mol. The summed E-state index contributed by atoms with van der Waals surface area (Å²) in [7, 11) is -3.08. The zero-order chi connectivity index (χ0) is 14.9. The van der Waals surface area contributed by atoms with Crippen molar-refractivity contribution in [1.29, 1.82) is 0 Å². The first-order chi connectivity index (χ1) is 10.1. The van der Waals surface area contributed by atoms with E-state index in [2.05, 4.69) is 29.2 Å². The van der Waals surface area contributed by atoms with Gasteiger partial charge in [0.2, 0.25) is 10.0 Å². The van der Waals surface area contributed by atoms with Crippen LogP contribution in [-0.4, -0.2) is 49.1 Å². The lowest BCUT2D eigenvalue weighted by Crippen LogP contribution is -2.47. The van der Waals surface area contributed by atoms with Crippen molar-refractivity contribution in [3.05, 3.63) is 35.9 Å². The van der Waals surface area contributed by atoms with Crippen LogP contribution in [0.4, 0.5) is 0 Å². The smallest absolute Gasteiger partial charge is 0.211 e. The first kappa shape index (κ1) is 15.0. The molecule has 0 amide bonds. The molecule has 2 heterocycles. The Kier molecular flexibility index (Phi) is 4.33. The quantitative estimate of drug-likeness (QED) is 0.855. The van der Waals surface area contributed by atoms with Crippen molar-refractivity contribution < 1.29 is 8.42 Å². The largest absolute Gasteiger partial charge is 0.295 e. The molecular formula is C16H24N2O2S. The van der Waals surface area contributed by atoms with Gasteiger partial charge in [0.25, 0.3) is 0 Å². The third-order valence-corrected chi connectivity index (χ3v) is 6.07. The van der Waals surface area contributed by atoms with Gasteiger partial charge in [0.15, 0.2) is 0 Å². The molecule has 3 rings (SSSR count). The highest BCUT2D eigenvalue weighted by atomic mass is 32.2. The van der Waals surface area contributed by atoms with E-state index in [0.29, 0.717) is 12.6 Å². The standard InChI is InChI=1S/C16H24N2O2S/c1-21(19,20)18-12-6-10-16(18)15-9-5-11-17(15)13-14-7-3-2-4-8-14/h2-4,7-8,15-16H,5-6,9-13H2,1H3/t15-,16-/m0/s1. The molecule has 2 fully saturated rings. The third kappa shape index (κ3) is 3.30. The molecule has 0 spiro atoms. The number of hydrogen-bond acceptors (Lipinski definition) is 3. The van der Waals surface area contributed by atoms with Gasteiger partial charge in [-0.25, -0.2) is 8.42 Å². The Balaban J connectivity index is 1.75. The van der Waals surface area contributed by atoms with Crippen LogP contribution >= 0.6 is 0 Å². The number of nitrogens with zero attached hydrogens (tertiary/aromatic N) is 2. The molecule has 2 atom stereocenters. The molecule has 4 nitrogen and oxygen atoms in total. The van der Waals surface area contributed by atoms with Crippen LogP contribution in [0.1, 0.15) is 31.2 Å². The lowest BCUT2D eigenvalue weighted by molar-refractivity contribution is 0.173. The SMILES string of the molecule is CS(=O)(=O)N1CCC[C@H]1[C@@H]1CCCN1Cc1ccccc1. The molecule has 0 bridgehead atoms. The zero-order valence-corrected chi connectivity index (χ0v) is 13.4. The van der Waals surface area contributed by atoms with Gasteiger partial charge in [-0.2, -0.15) is 4.31 Å². The second-order valence-electron chi connectivity index (χ2n) is 6.25. The Morgan fingerprint density at radius 1 is 1.05 bits per heavy atom. The summed E-state index contributed by atoms with van der Waals surface area (Å²) in [6.07, 6.45) is 5.63. The van der Waals surface area contributed by atoms with E-state index in [1.807, 2.05) is 6.07 Å². The summed E-state index contributed by atoms with van der Waals surface area (Å²) in [5.74, 6) is 0. The highest BCUT2D eigenvalue weighted by Gasteiger charge is 2.41. The zero-order valence-electron chi connectivity index (χ0n) is 12.6. The number of likely N-dealkylation sites (tertiary alicyclic amines) is 1. The Bertz CT molecular complexity index is 573. The second kappa shape index (κ2) is 6.07. The molecule has 0 radical (unpaired) electrons. The molecule has 1 aromatic rings. The maximum absolute atomic E-state index is 12.0. The van der Waals surface area contributed by atoms with Gasteiger partial charge in [0.05, 0.1) is 6.26 Å². The van der Waals surface area contributed by atoms with Gasteiger partial charge in [-0.3, -0.25) is 4.90 Å². The molecule has 1 aromatic carbocycles. The van der Waals surface area contributed by atoms with E-state index in [4.69, 9.17) is 0 Å². The summed E-state index contributed by atoms with van der Waals surface area (Å²) in [6, 6.07) is 11.0. The van der Waals surface area contributed by atoms with Crippen LogP contribution in [0.3, 0.4) is 0 Å². The Morgan fingerprint density at radius 3 is 2.43 bits per heavy atom. The third-order valence-electron chi connectivity index (χ3n) is 4.76. The van der Waals surface area contributed by atoms with E-state index >= 15 is 0 Å². The van der Waals surface area contributed by atoms with E-state index in [1.54, 1.807) is 4.31 Å². The number of rotatable bonds is 4. The summed E-state index contributed by atoms with van der Waals surface area (Å²) in [5.41, 5.74) is 1.31. The second-order valence-corrected chi connectivity index (χ2v) is 8.18. The number of benzene rings is 1. The monoisotopic (exact) mass is 308 g/mol. The predicted molar refractivity (Wildman–Crippen MR) is 84.4 cm³/mol. The number of hydrogen-bond donors (Lipinski definition) is 0. The molecule has 21 heavy (non-hydrogen) atoms. The minimum atomic E-state index is -3.08. The highest BCUT2D eigenvalue weighted by Crippen LogP contribution is 2.32. The minimum absolute atomic E-state index is 0.172. The summed E-state index contributed by atoms with van der Waals surface area (Å²) in [6.45, 7) is 2.70. The normalized spacial score (nSPS) is 28.2. The fourth-order valence-corrected chi connectivity index (χ4v) is 5.06. The Hall–Kier alpha value is -0.910. The lowest BCUT2D eigenvalue weighted by Gasteiger charge is -2.33. The first-order valence-corrected chi connectivity index (χ1v) is 9.65. The van der Waals surface area contributed by atoms with Crippen molar-refractivity contribution in [3.63, 3.8) is 0 Å². The van der Waals surface area contributed by atoms with E-state index in [9.17, 15) is 8.42 Å². The van der Waals surface area contributed by atoms with Crippen LogP contribution in [-0.2, 0) is 16.6 Å². The van der Waals surface area contributed by atoms with Crippen LogP contribution in [0.5, 0.6) is 0 Å². The summed E-state index contributed by atoms with van der Waals surface area (Å²) < 4.78 is 25.7. The highest BCUT2D eigenvalue weighted by molar-refractivity contribution is 7.88. The molecule has 0 N–H and O–H groups in total. The van der Waals surface area contributed by atoms with Crippen LogP contribution < -0.4 is 0 Å². The Labute approximate surface area is 127 Å². The molecule has 0 aromatic heterocycles. The molecule has 0 saturated carbocycles. The van der Waals surface area contributed by atoms with Crippen molar-refractivity contribution in [1.82, 2.24) is 9.21 Å². The molecule has 2 aliphatic rings. The van der Waals surface area contributed by atoms with Crippen LogP contribution in [0, 0.1) is 0 Å². The van der Waals surface area contributed by atoms with Gasteiger partial charge < -0.3 is 0 Å². The summed E-state index contributed by atoms with van der Waals surface area (Å²) in [4.78, 5) is 2.48. The Morgan fingerprint density at radius 2 is 1.71 bits per heavy atom. The summed E-state index contributed by atoms with van der Waals surface area (Å²) in [5, 5.41) is 0. The van der Waals surface area contributed by atoms with E-state index in [0.717, 1.165) is 32.4 Å². The van der Waals surface area contributed by atoms with Crippen molar-refractivity contribution in [2.45, 2.75) is 44.3 Å². The molecule has 0 unspecified atom stereocenters. The van der Waals surface area contributed by atoms with Gasteiger partial charge >= 0.3 is 0 Å². The van der Waals surface area contributed by atoms with Crippen molar-refractivity contribution in [3.8, 4) is 0 Å². The first-order valence-electron chi connectivity index (χ1n) is 7.80. The van der Waals surface area contributed by atoms with Crippen molar-refractivity contribution >= 4 is 10.0 Å². The van der Waals surface area contributed by atoms with Gasteiger partial charge in [0, 0.05) is 25.2 Å². The number of sulfonamides is 1. The van der Waals surface area contributed by atoms with Crippen LogP contribution in [0.2, 0.25) is 0 Å². The topological polar surface area (TPSA) is 40.6 Å². The lowest BCUT2D eigenvalue weighted by atomic mass is 10.0. The van der Waals surface area contributed by atoms with Crippen molar-refractivity contribution in [2.75, 3.05) is 19.3 Å². The maximum Gasteiger partial charge on any atom is 0.211 e. The van der Waals surface area contributed by atoms with E-state index < -0.39 is 10.0 Å². The van der Waals surface area contributed by atoms with Gasteiger partial charge in [0.1, 0.15) is 0 Å². The fraction of sp³-hybridized carbons (Fsp3) is 0.625. The molecule has 2 aliphatic heterocycles. The average Bonchev–Trinajstić information content (AvgIpc) is 3.07. The maximum atomic E-state index is 12.0. The van der Waals surface area contributed by atoms with Crippen LogP contribution in [0.15, 0.2) is 30.3 Å². The van der Waals surface area contributed by atoms with E-state index in [-0.39, 0.29) is 6.04 Å². The average molecular weight is 308 g/mol. The van der Waals surface area contributed by atoms with Crippen molar-refractivity contribution in [2.24, 2.45) is 0 Å². The summed E-state index contributed by atoms with van der Waals surface area (Å²) >= 11 is 0. The van der Waals surface area contributed by atoms with Gasteiger partial charge in [-0.15, -0.1) is 0 Å². The van der Waals surface area contributed by atoms with Gasteiger partial charge in [-0.1, -0.05) is 30.3 Å². The van der Waals surface area contributed by atoms with E-state index in [1.165, 1.54) is 18.2 Å². The minimum Gasteiger partial charge on any atom is -0.295 e. The molecule has 0 aliphatic carbocycles.